The molecule has 0 radical (unpaired) electrons. The molecule has 2 aromatic carbocycles. The van der Waals surface area contributed by atoms with Crippen molar-refractivity contribution in [3.8, 4) is 0 Å². The number of nitrogens with one attached hydrogen (secondary N) is 1. The Morgan fingerprint density at radius 3 is 2.25 bits per heavy atom. The lowest BCUT2D eigenvalue weighted by Crippen LogP contribution is -2.33. The molecule has 0 bridgehead atoms. The zero-order valence-electron chi connectivity index (χ0n) is 16.0. The van der Waals surface area contributed by atoms with Gasteiger partial charge in [0.25, 0.3) is 5.91 Å². The van der Waals surface area contributed by atoms with Crippen molar-refractivity contribution in [2.24, 2.45) is 0 Å². The summed E-state index contributed by atoms with van der Waals surface area (Å²) in [4.78, 5) is 24.6. The molecule has 0 spiro atoms. The maximum absolute atomic E-state index is 12.4. The number of aryl methyl sites for hydroxylation is 2. The second-order valence-corrected chi connectivity index (χ2v) is 6.62. The molecule has 0 aliphatic rings. The number of rotatable bonds is 7. The van der Waals surface area contributed by atoms with E-state index in [-0.39, 0.29) is 18.6 Å². The monoisotopic (exact) mass is 377 g/mol. The van der Waals surface area contributed by atoms with E-state index in [4.69, 9.17) is 9.15 Å². The van der Waals surface area contributed by atoms with Gasteiger partial charge in [-0.05, 0) is 37.5 Å². The van der Waals surface area contributed by atoms with Crippen molar-refractivity contribution in [2.45, 2.75) is 26.3 Å². The Kier molecular flexibility index (Phi) is 6.27. The van der Waals surface area contributed by atoms with Gasteiger partial charge < -0.3 is 14.5 Å². The van der Waals surface area contributed by atoms with E-state index >= 15 is 0 Å². The topological polar surface area (TPSA) is 68.5 Å². The summed E-state index contributed by atoms with van der Waals surface area (Å²) in [6, 6.07) is 21.1. The minimum absolute atomic E-state index is 0.215. The minimum atomic E-state index is -0.566. The molecule has 144 valence electrons. The number of benzene rings is 2. The summed E-state index contributed by atoms with van der Waals surface area (Å²) in [5.74, 6) is 0.190. The largest absolute Gasteiger partial charge is 0.466 e. The zero-order chi connectivity index (χ0) is 19.9. The summed E-state index contributed by atoms with van der Waals surface area (Å²) in [6.07, 6.45) is 0.643. The van der Waals surface area contributed by atoms with Crippen LogP contribution in [0.1, 0.15) is 39.0 Å². The van der Waals surface area contributed by atoms with E-state index in [1.165, 1.54) is 0 Å². The fraction of sp³-hybridized carbons (Fsp3) is 0.217. The molecule has 0 unspecified atom stereocenters. The second-order valence-electron chi connectivity index (χ2n) is 6.62. The molecule has 28 heavy (non-hydrogen) atoms. The van der Waals surface area contributed by atoms with Gasteiger partial charge in [-0.25, -0.2) is 4.79 Å². The average molecular weight is 377 g/mol. The Labute approximate surface area is 164 Å². The number of ether oxygens (including phenoxy) is 1. The Balaban J connectivity index is 1.64. The van der Waals surface area contributed by atoms with E-state index in [0.29, 0.717) is 23.5 Å². The summed E-state index contributed by atoms with van der Waals surface area (Å²) < 4.78 is 10.5. The molecule has 1 atom stereocenters. The number of hydrogen-bond acceptors (Lipinski definition) is 4. The van der Waals surface area contributed by atoms with Crippen LogP contribution in [0.25, 0.3) is 0 Å². The normalized spacial score (nSPS) is 11.6. The highest BCUT2D eigenvalue weighted by molar-refractivity contribution is 5.92. The number of esters is 1. The summed E-state index contributed by atoms with van der Waals surface area (Å²) in [5.41, 5.74) is 2.44. The Hall–Kier alpha value is -3.34. The van der Waals surface area contributed by atoms with Crippen molar-refractivity contribution in [1.29, 1.82) is 0 Å². The van der Waals surface area contributed by atoms with Crippen molar-refractivity contribution in [3.63, 3.8) is 0 Å². The molecule has 1 aromatic heterocycles. The maximum Gasteiger partial charge on any atom is 0.342 e. The fourth-order valence-electron chi connectivity index (χ4n) is 3.07. The zero-order valence-corrected chi connectivity index (χ0v) is 16.0. The number of carbonyl (C=O) groups is 2. The molecule has 0 aliphatic heterocycles. The minimum Gasteiger partial charge on any atom is -0.466 e. The van der Waals surface area contributed by atoms with Gasteiger partial charge in [-0.15, -0.1) is 0 Å². The summed E-state index contributed by atoms with van der Waals surface area (Å²) in [6.45, 7) is 3.10. The molecular formula is C23H23NO4. The molecule has 1 N–H and O–H groups in total. The van der Waals surface area contributed by atoms with Crippen LogP contribution in [-0.4, -0.2) is 18.5 Å². The Morgan fingerprint density at radius 2 is 1.64 bits per heavy atom. The van der Waals surface area contributed by atoms with E-state index in [1.807, 2.05) is 60.7 Å². The van der Waals surface area contributed by atoms with E-state index in [2.05, 4.69) is 5.32 Å². The van der Waals surface area contributed by atoms with E-state index in [1.54, 1.807) is 19.9 Å². The van der Waals surface area contributed by atoms with Crippen molar-refractivity contribution in [2.75, 3.05) is 6.61 Å². The molecule has 5 nitrogen and oxygen atoms in total. The molecule has 0 aliphatic carbocycles. The van der Waals surface area contributed by atoms with Crippen molar-refractivity contribution in [1.82, 2.24) is 5.32 Å². The number of hydrogen-bond donors (Lipinski definition) is 1. The van der Waals surface area contributed by atoms with Crippen LogP contribution in [0.4, 0.5) is 0 Å². The summed E-state index contributed by atoms with van der Waals surface area (Å²) in [5, 5.41) is 2.97. The highest BCUT2D eigenvalue weighted by atomic mass is 16.5. The van der Waals surface area contributed by atoms with Gasteiger partial charge in [-0.3, -0.25) is 4.79 Å². The molecule has 0 saturated heterocycles. The lowest BCUT2D eigenvalue weighted by atomic mass is 9.99. The molecule has 1 heterocycles. The number of furan rings is 1. The van der Waals surface area contributed by atoms with E-state index < -0.39 is 5.97 Å². The summed E-state index contributed by atoms with van der Waals surface area (Å²) in [7, 11) is 0. The predicted octanol–water partition coefficient (Wildman–Crippen LogP) is 4.15. The third kappa shape index (κ3) is 5.10. The van der Waals surface area contributed by atoms with Crippen LogP contribution < -0.4 is 5.32 Å². The molecule has 3 rings (SSSR count). The highest BCUT2D eigenvalue weighted by Gasteiger charge is 2.19. The van der Waals surface area contributed by atoms with Crippen molar-refractivity contribution >= 4 is 11.9 Å². The number of amides is 1. The van der Waals surface area contributed by atoms with E-state index in [9.17, 15) is 9.59 Å². The molecule has 3 aromatic rings. The first-order chi connectivity index (χ1) is 13.5. The molecule has 1 amide bonds. The van der Waals surface area contributed by atoms with Gasteiger partial charge in [0.15, 0.2) is 6.61 Å². The van der Waals surface area contributed by atoms with Crippen molar-refractivity contribution < 1.29 is 18.7 Å². The standard InChI is InChI=1S/C23H23NO4/c1-16-13-20(17(2)28-16)23(26)27-15-22(25)24-21(19-11-7-4-8-12-19)14-18-9-5-3-6-10-18/h3-13,21H,14-15H2,1-2H3,(H,24,25)/t21-/m0/s1. The van der Waals surface area contributed by atoms with Crippen LogP contribution in [0.3, 0.4) is 0 Å². The molecule has 0 fully saturated rings. The first-order valence-corrected chi connectivity index (χ1v) is 9.15. The smallest absolute Gasteiger partial charge is 0.342 e. The van der Waals surface area contributed by atoms with Crippen LogP contribution in [-0.2, 0) is 16.0 Å². The summed E-state index contributed by atoms with van der Waals surface area (Å²) >= 11 is 0. The van der Waals surface area contributed by atoms with Crippen LogP contribution in [0, 0.1) is 13.8 Å². The third-order valence-electron chi connectivity index (χ3n) is 4.42. The van der Waals surface area contributed by atoms with Crippen LogP contribution in [0.2, 0.25) is 0 Å². The van der Waals surface area contributed by atoms with Gasteiger partial charge in [-0.1, -0.05) is 60.7 Å². The maximum atomic E-state index is 12.4. The van der Waals surface area contributed by atoms with Gasteiger partial charge >= 0.3 is 5.97 Å². The third-order valence-corrected chi connectivity index (χ3v) is 4.42. The van der Waals surface area contributed by atoms with Crippen LogP contribution in [0.5, 0.6) is 0 Å². The quantitative estimate of drug-likeness (QED) is 0.628. The lowest BCUT2D eigenvalue weighted by Gasteiger charge is -2.19. The van der Waals surface area contributed by atoms with Gasteiger partial charge in [0.05, 0.1) is 6.04 Å². The molecule has 0 saturated carbocycles. The van der Waals surface area contributed by atoms with Gasteiger partial charge in [0.2, 0.25) is 0 Å². The highest BCUT2D eigenvalue weighted by Crippen LogP contribution is 2.19. The Bertz CT molecular complexity index is 932. The number of carbonyl (C=O) groups excluding carboxylic acids is 2. The van der Waals surface area contributed by atoms with Gasteiger partial charge in [0, 0.05) is 0 Å². The van der Waals surface area contributed by atoms with Crippen LogP contribution >= 0.6 is 0 Å². The first-order valence-electron chi connectivity index (χ1n) is 9.15. The molecular weight excluding hydrogens is 354 g/mol. The fourth-order valence-corrected chi connectivity index (χ4v) is 3.07. The van der Waals surface area contributed by atoms with Gasteiger partial charge in [-0.2, -0.15) is 0 Å². The van der Waals surface area contributed by atoms with Crippen LogP contribution in [0.15, 0.2) is 71.1 Å². The Morgan fingerprint density at radius 1 is 1.00 bits per heavy atom. The SMILES string of the molecule is Cc1cc(C(=O)OCC(=O)N[C@@H](Cc2ccccc2)c2ccccc2)c(C)o1. The first kappa shape index (κ1) is 19.4. The second kappa shape index (κ2) is 9.04. The van der Waals surface area contributed by atoms with E-state index in [0.717, 1.165) is 11.1 Å². The van der Waals surface area contributed by atoms with Crippen molar-refractivity contribution in [3.05, 3.63) is 94.9 Å². The molecule has 5 heteroatoms. The average Bonchev–Trinajstić information content (AvgIpc) is 3.05. The van der Waals surface area contributed by atoms with Gasteiger partial charge in [0.1, 0.15) is 17.1 Å². The predicted molar refractivity (Wildman–Crippen MR) is 106 cm³/mol. The lowest BCUT2D eigenvalue weighted by molar-refractivity contribution is -0.125.